The van der Waals surface area contributed by atoms with Crippen molar-refractivity contribution in [3.05, 3.63) is 67.8 Å². The summed E-state index contributed by atoms with van der Waals surface area (Å²) < 4.78 is 27.1. The van der Waals surface area contributed by atoms with Crippen LogP contribution in [-0.2, 0) is 0 Å². The predicted octanol–water partition coefficient (Wildman–Crippen LogP) is 3.82. The molecular formula is C18H14ClF2IN2O2. The number of nitrogens with zero attached hydrogens (tertiary/aromatic N) is 2. The second-order valence-electron chi connectivity index (χ2n) is 5.84. The summed E-state index contributed by atoms with van der Waals surface area (Å²) in [4.78, 5) is 28.2. The van der Waals surface area contributed by atoms with Gasteiger partial charge in [-0.3, -0.25) is 9.59 Å². The lowest BCUT2D eigenvalue weighted by Gasteiger charge is -2.35. The van der Waals surface area contributed by atoms with Gasteiger partial charge in [-0.25, -0.2) is 8.78 Å². The third kappa shape index (κ3) is 3.98. The number of carbonyl (C=O) groups excluding carboxylic acids is 2. The molecule has 3 rings (SSSR count). The zero-order chi connectivity index (χ0) is 18.8. The van der Waals surface area contributed by atoms with Gasteiger partial charge >= 0.3 is 0 Å². The summed E-state index contributed by atoms with van der Waals surface area (Å²) in [6.45, 7) is 1.39. The van der Waals surface area contributed by atoms with E-state index in [-0.39, 0.29) is 17.4 Å². The Morgan fingerprint density at radius 1 is 0.846 bits per heavy atom. The number of benzene rings is 2. The number of piperazine rings is 1. The molecule has 2 aromatic carbocycles. The Morgan fingerprint density at radius 3 is 1.85 bits per heavy atom. The van der Waals surface area contributed by atoms with Crippen LogP contribution < -0.4 is 0 Å². The van der Waals surface area contributed by atoms with E-state index in [1.807, 2.05) is 0 Å². The standard InChI is InChI=1S/C18H14ClF2IN2O2/c19-13-3-1-12(10-16(13)22)18(26)24-7-5-23(6-8-24)17(25)11-2-4-14(20)15(21)9-11/h1-4,9-10H,5-8H2. The van der Waals surface area contributed by atoms with Crippen LogP contribution in [0.2, 0.25) is 5.02 Å². The van der Waals surface area contributed by atoms with Gasteiger partial charge in [-0.15, -0.1) is 0 Å². The molecule has 136 valence electrons. The lowest BCUT2D eigenvalue weighted by Crippen LogP contribution is -2.50. The van der Waals surface area contributed by atoms with Crippen LogP contribution in [0, 0.1) is 15.2 Å². The summed E-state index contributed by atoms with van der Waals surface area (Å²) in [6.07, 6.45) is 0. The van der Waals surface area contributed by atoms with Gasteiger partial charge < -0.3 is 9.80 Å². The average Bonchev–Trinajstić information content (AvgIpc) is 2.65. The molecule has 1 aliphatic rings. The minimum Gasteiger partial charge on any atom is -0.335 e. The van der Waals surface area contributed by atoms with E-state index in [4.69, 9.17) is 11.6 Å². The highest BCUT2D eigenvalue weighted by Gasteiger charge is 2.26. The van der Waals surface area contributed by atoms with Crippen molar-refractivity contribution in [3.8, 4) is 0 Å². The second kappa shape index (κ2) is 7.87. The zero-order valence-electron chi connectivity index (χ0n) is 13.5. The zero-order valence-corrected chi connectivity index (χ0v) is 16.4. The van der Waals surface area contributed by atoms with E-state index in [1.54, 1.807) is 23.1 Å². The van der Waals surface area contributed by atoms with Gasteiger partial charge in [-0.2, -0.15) is 0 Å². The van der Waals surface area contributed by atoms with E-state index in [0.29, 0.717) is 36.8 Å². The molecule has 0 atom stereocenters. The molecule has 0 N–H and O–H groups in total. The molecule has 0 aromatic heterocycles. The van der Waals surface area contributed by atoms with Gasteiger partial charge in [0.1, 0.15) is 0 Å². The first-order valence-electron chi connectivity index (χ1n) is 7.85. The first-order valence-corrected chi connectivity index (χ1v) is 9.31. The van der Waals surface area contributed by atoms with Crippen LogP contribution in [0.4, 0.5) is 8.78 Å². The van der Waals surface area contributed by atoms with E-state index < -0.39 is 11.6 Å². The van der Waals surface area contributed by atoms with Gasteiger partial charge in [0, 0.05) is 40.9 Å². The van der Waals surface area contributed by atoms with Crippen LogP contribution in [0.25, 0.3) is 0 Å². The summed E-state index contributed by atoms with van der Waals surface area (Å²) in [5.74, 6) is -2.55. The lowest BCUT2D eigenvalue weighted by molar-refractivity contribution is 0.0535. The fourth-order valence-corrected chi connectivity index (χ4v) is 3.37. The predicted molar refractivity (Wildman–Crippen MR) is 102 cm³/mol. The molecule has 0 radical (unpaired) electrons. The van der Waals surface area contributed by atoms with Crippen LogP contribution in [0.3, 0.4) is 0 Å². The van der Waals surface area contributed by atoms with Gasteiger partial charge in [0.2, 0.25) is 0 Å². The monoisotopic (exact) mass is 490 g/mol. The summed E-state index contributed by atoms with van der Waals surface area (Å²) in [6, 6.07) is 8.17. The number of halogens is 4. The van der Waals surface area contributed by atoms with Gasteiger partial charge in [0.25, 0.3) is 11.8 Å². The van der Waals surface area contributed by atoms with Crippen LogP contribution in [0.1, 0.15) is 20.7 Å². The van der Waals surface area contributed by atoms with E-state index >= 15 is 0 Å². The van der Waals surface area contributed by atoms with Crippen molar-refractivity contribution in [1.82, 2.24) is 9.80 Å². The van der Waals surface area contributed by atoms with Gasteiger partial charge in [-0.1, -0.05) is 11.6 Å². The van der Waals surface area contributed by atoms with Gasteiger partial charge in [0.15, 0.2) is 11.6 Å². The molecule has 8 heteroatoms. The van der Waals surface area contributed by atoms with Crippen LogP contribution in [0.15, 0.2) is 36.4 Å². The van der Waals surface area contributed by atoms with E-state index in [1.165, 1.54) is 11.0 Å². The molecule has 0 saturated carbocycles. The Balaban J connectivity index is 1.64. The fraction of sp³-hybridized carbons (Fsp3) is 0.222. The summed E-state index contributed by atoms with van der Waals surface area (Å²) in [5.41, 5.74) is 0.634. The van der Waals surface area contributed by atoms with Crippen molar-refractivity contribution in [1.29, 1.82) is 0 Å². The number of rotatable bonds is 2. The highest BCUT2D eigenvalue weighted by molar-refractivity contribution is 14.1. The quantitative estimate of drug-likeness (QED) is 0.601. The first kappa shape index (κ1) is 19.0. The molecule has 0 spiro atoms. The number of hydrogen-bond acceptors (Lipinski definition) is 2. The Kier molecular flexibility index (Phi) is 5.76. The summed E-state index contributed by atoms with van der Waals surface area (Å²) >= 11 is 8.04. The van der Waals surface area contributed by atoms with Crippen LogP contribution >= 0.6 is 34.2 Å². The Hall–Kier alpha value is -1.74. The lowest BCUT2D eigenvalue weighted by atomic mass is 10.1. The normalized spacial score (nSPS) is 14.5. The maximum Gasteiger partial charge on any atom is 0.254 e. The molecule has 1 saturated heterocycles. The maximum atomic E-state index is 13.3. The SMILES string of the molecule is O=C(c1ccc(F)c(F)c1)N1CCN(C(=O)c2ccc(Cl)c(I)c2)CC1. The largest absolute Gasteiger partial charge is 0.335 e. The number of carbonyl (C=O) groups is 2. The van der Waals surface area contributed by atoms with Crippen molar-refractivity contribution in [2.75, 3.05) is 26.2 Å². The molecule has 26 heavy (non-hydrogen) atoms. The number of amides is 2. The summed E-state index contributed by atoms with van der Waals surface area (Å²) in [5, 5.41) is 0.587. The Labute approximate surface area is 167 Å². The van der Waals surface area contributed by atoms with Crippen molar-refractivity contribution in [3.63, 3.8) is 0 Å². The van der Waals surface area contributed by atoms with Gasteiger partial charge in [0.05, 0.1) is 5.02 Å². The summed E-state index contributed by atoms with van der Waals surface area (Å²) in [7, 11) is 0. The first-order chi connectivity index (χ1) is 12.4. The second-order valence-corrected chi connectivity index (χ2v) is 7.41. The number of hydrogen-bond donors (Lipinski definition) is 0. The molecular weight excluding hydrogens is 477 g/mol. The highest BCUT2D eigenvalue weighted by Crippen LogP contribution is 2.21. The van der Waals surface area contributed by atoms with Gasteiger partial charge in [-0.05, 0) is 59.0 Å². The molecule has 1 heterocycles. The topological polar surface area (TPSA) is 40.6 Å². The molecule has 0 aliphatic carbocycles. The third-order valence-corrected chi connectivity index (χ3v) is 5.73. The van der Waals surface area contributed by atoms with Crippen molar-refractivity contribution in [2.45, 2.75) is 0 Å². The minimum absolute atomic E-state index is 0.0935. The molecule has 4 nitrogen and oxygen atoms in total. The molecule has 1 fully saturated rings. The minimum atomic E-state index is -1.05. The molecule has 0 bridgehead atoms. The third-order valence-electron chi connectivity index (χ3n) is 4.19. The van der Waals surface area contributed by atoms with Crippen molar-refractivity contribution >= 4 is 46.0 Å². The highest BCUT2D eigenvalue weighted by atomic mass is 127. The smallest absolute Gasteiger partial charge is 0.254 e. The van der Waals surface area contributed by atoms with E-state index in [9.17, 15) is 18.4 Å². The fourth-order valence-electron chi connectivity index (χ4n) is 2.74. The van der Waals surface area contributed by atoms with E-state index in [0.717, 1.165) is 15.7 Å². The Morgan fingerprint density at radius 2 is 1.35 bits per heavy atom. The molecule has 2 aromatic rings. The van der Waals surface area contributed by atoms with Crippen LogP contribution in [0.5, 0.6) is 0 Å². The van der Waals surface area contributed by atoms with Crippen molar-refractivity contribution < 1.29 is 18.4 Å². The van der Waals surface area contributed by atoms with Crippen LogP contribution in [-0.4, -0.2) is 47.8 Å². The van der Waals surface area contributed by atoms with E-state index in [2.05, 4.69) is 22.6 Å². The van der Waals surface area contributed by atoms with Crippen molar-refractivity contribution in [2.24, 2.45) is 0 Å². The molecule has 0 unspecified atom stereocenters. The maximum absolute atomic E-state index is 13.3. The molecule has 1 aliphatic heterocycles. The molecule has 2 amide bonds. The average molecular weight is 491 g/mol. The Bertz CT molecular complexity index is 799.